The number of ether oxygens (including phenoxy) is 1. The van der Waals surface area contributed by atoms with Crippen LogP contribution >= 0.6 is 0 Å². The van der Waals surface area contributed by atoms with Crippen molar-refractivity contribution >= 4 is 0 Å². The number of nitrogens with one attached hydrogen (secondary N) is 1. The molecule has 3 unspecified atom stereocenters. The predicted molar refractivity (Wildman–Crippen MR) is 66.3 cm³/mol. The molecule has 2 rings (SSSR count). The Morgan fingerprint density at radius 2 is 1.94 bits per heavy atom. The minimum atomic E-state index is -0.490. The zero-order valence-corrected chi connectivity index (χ0v) is 10.7. The lowest BCUT2D eigenvalue weighted by atomic mass is 10.1. The summed E-state index contributed by atoms with van der Waals surface area (Å²) in [5, 5.41) is 3.28. The molecular formula is C14H19F2NO. The topological polar surface area (TPSA) is 21.3 Å². The third kappa shape index (κ3) is 2.87. The van der Waals surface area contributed by atoms with Crippen molar-refractivity contribution in [2.24, 2.45) is 0 Å². The van der Waals surface area contributed by atoms with Gasteiger partial charge in [-0.05, 0) is 38.3 Å². The Labute approximate surface area is 106 Å². The third-order valence-electron chi connectivity index (χ3n) is 3.64. The monoisotopic (exact) mass is 255 g/mol. The molecule has 0 radical (unpaired) electrons. The van der Waals surface area contributed by atoms with Crippen LogP contribution in [-0.4, -0.2) is 19.3 Å². The van der Waals surface area contributed by atoms with Gasteiger partial charge < -0.3 is 10.1 Å². The van der Waals surface area contributed by atoms with Crippen LogP contribution in [0.15, 0.2) is 18.2 Å². The van der Waals surface area contributed by atoms with Gasteiger partial charge in [0.25, 0.3) is 0 Å². The number of halogens is 2. The van der Waals surface area contributed by atoms with Crippen LogP contribution < -0.4 is 5.32 Å². The van der Waals surface area contributed by atoms with E-state index in [0.29, 0.717) is 0 Å². The Balaban J connectivity index is 2.02. The van der Waals surface area contributed by atoms with Gasteiger partial charge in [-0.2, -0.15) is 0 Å². The van der Waals surface area contributed by atoms with Crippen LogP contribution in [0, 0.1) is 11.6 Å². The molecule has 0 bridgehead atoms. The molecule has 18 heavy (non-hydrogen) atoms. The van der Waals surface area contributed by atoms with Gasteiger partial charge in [-0.3, -0.25) is 0 Å². The summed E-state index contributed by atoms with van der Waals surface area (Å²) in [4.78, 5) is 0. The molecule has 0 heterocycles. The van der Waals surface area contributed by atoms with E-state index in [2.05, 4.69) is 5.32 Å². The Bertz CT molecular complexity index is 391. The molecule has 0 saturated heterocycles. The summed E-state index contributed by atoms with van der Waals surface area (Å²) in [6.45, 7) is 1.79. The second kappa shape index (κ2) is 5.76. The second-order valence-electron chi connectivity index (χ2n) is 4.89. The largest absolute Gasteiger partial charge is 0.381 e. The number of hydrogen-bond donors (Lipinski definition) is 1. The van der Waals surface area contributed by atoms with Crippen LogP contribution in [-0.2, 0) is 4.74 Å². The molecule has 100 valence electrons. The standard InChI is InChI=1S/C14H19F2NO/c1-9(14-12(15)4-3-5-13(14)16)17-10-6-7-11(8-10)18-2/h3-5,9-11,17H,6-8H2,1-2H3. The Kier molecular flexibility index (Phi) is 4.30. The summed E-state index contributed by atoms with van der Waals surface area (Å²) >= 11 is 0. The fraction of sp³-hybridized carbons (Fsp3) is 0.571. The van der Waals surface area contributed by atoms with Crippen molar-refractivity contribution in [3.8, 4) is 0 Å². The molecule has 0 amide bonds. The first-order chi connectivity index (χ1) is 8.61. The van der Waals surface area contributed by atoms with Crippen LogP contribution in [0.25, 0.3) is 0 Å². The second-order valence-corrected chi connectivity index (χ2v) is 4.89. The molecule has 0 spiro atoms. The lowest BCUT2D eigenvalue weighted by molar-refractivity contribution is 0.106. The third-order valence-corrected chi connectivity index (χ3v) is 3.64. The van der Waals surface area contributed by atoms with Crippen molar-refractivity contribution in [3.63, 3.8) is 0 Å². The molecule has 4 heteroatoms. The molecule has 1 N–H and O–H groups in total. The van der Waals surface area contributed by atoms with Gasteiger partial charge in [0.1, 0.15) is 11.6 Å². The van der Waals surface area contributed by atoms with Crippen molar-refractivity contribution in [1.29, 1.82) is 0 Å². The van der Waals surface area contributed by atoms with Crippen LogP contribution in [0.2, 0.25) is 0 Å². The molecule has 1 fully saturated rings. The summed E-state index contributed by atoms with van der Waals surface area (Å²) in [5.41, 5.74) is 0.123. The minimum absolute atomic E-state index is 0.123. The van der Waals surface area contributed by atoms with Gasteiger partial charge in [0.2, 0.25) is 0 Å². The minimum Gasteiger partial charge on any atom is -0.381 e. The summed E-state index contributed by atoms with van der Waals surface area (Å²) in [7, 11) is 1.70. The lowest BCUT2D eigenvalue weighted by Gasteiger charge is -2.20. The van der Waals surface area contributed by atoms with Gasteiger partial charge in [0.15, 0.2) is 0 Å². The SMILES string of the molecule is COC1CCC(NC(C)c2c(F)cccc2F)C1. The molecule has 1 saturated carbocycles. The summed E-state index contributed by atoms with van der Waals surface area (Å²) in [6, 6.07) is 3.92. The molecule has 1 aliphatic carbocycles. The maximum absolute atomic E-state index is 13.6. The number of hydrogen-bond acceptors (Lipinski definition) is 2. The summed E-state index contributed by atoms with van der Waals surface area (Å²) in [6.07, 6.45) is 3.15. The van der Waals surface area contributed by atoms with Gasteiger partial charge in [-0.25, -0.2) is 8.78 Å². The van der Waals surface area contributed by atoms with E-state index < -0.39 is 11.6 Å². The lowest BCUT2D eigenvalue weighted by Crippen LogP contribution is -2.31. The first-order valence-electron chi connectivity index (χ1n) is 6.34. The average Bonchev–Trinajstić information content (AvgIpc) is 2.76. The van der Waals surface area contributed by atoms with Crippen molar-refractivity contribution < 1.29 is 13.5 Å². The Hall–Kier alpha value is -1.00. The number of methoxy groups -OCH3 is 1. The molecule has 1 aliphatic rings. The molecule has 0 aromatic heterocycles. The van der Waals surface area contributed by atoms with Gasteiger partial charge in [0, 0.05) is 24.8 Å². The Morgan fingerprint density at radius 1 is 1.28 bits per heavy atom. The highest BCUT2D eigenvalue weighted by Crippen LogP contribution is 2.26. The highest BCUT2D eigenvalue weighted by Gasteiger charge is 2.27. The molecule has 1 aromatic carbocycles. The quantitative estimate of drug-likeness (QED) is 0.892. The zero-order chi connectivity index (χ0) is 13.1. The average molecular weight is 255 g/mol. The summed E-state index contributed by atoms with van der Waals surface area (Å²) in [5.74, 6) is -0.979. The molecule has 0 aliphatic heterocycles. The fourth-order valence-corrected chi connectivity index (χ4v) is 2.67. The zero-order valence-electron chi connectivity index (χ0n) is 10.7. The van der Waals surface area contributed by atoms with Crippen LogP contribution in [0.5, 0.6) is 0 Å². The maximum Gasteiger partial charge on any atom is 0.130 e. The van der Waals surface area contributed by atoms with Crippen molar-refractivity contribution in [2.45, 2.75) is 44.4 Å². The smallest absolute Gasteiger partial charge is 0.130 e. The highest BCUT2D eigenvalue weighted by atomic mass is 19.1. The van der Waals surface area contributed by atoms with Crippen molar-refractivity contribution in [1.82, 2.24) is 5.32 Å². The normalized spacial score (nSPS) is 25.3. The van der Waals surface area contributed by atoms with Gasteiger partial charge >= 0.3 is 0 Å². The highest BCUT2D eigenvalue weighted by molar-refractivity contribution is 5.23. The fourth-order valence-electron chi connectivity index (χ4n) is 2.67. The molecule has 3 atom stereocenters. The molecule has 1 aromatic rings. The van der Waals surface area contributed by atoms with E-state index in [-0.39, 0.29) is 23.8 Å². The first kappa shape index (κ1) is 13.4. The van der Waals surface area contributed by atoms with Crippen molar-refractivity contribution in [3.05, 3.63) is 35.4 Å². The summed E-state index contributed by atoms with van der Waals surface area (Å²) < 4.78 is 32.5. The van der Waals surface area contributed by atoms with E-state index in [9.17, 15) is 8.78 Å². The van der Waals surface area contributed by atoms with E-state index in [1.54, 1.807) is 14.0 Å². The van der Waals surface area contributed by atoms with Gasteiger partial charge in [-0.15, -0.1) is 0 Å². The van der Waals surface area contributed by atoms with Crippen LogP contribution in [0.4, 0.5) is 8.78 Å². The molecule has 2 nitrogen and oxygen atoms in total. The number of rotatable bonds is 4. The van der Waals surface area contributed by atoms with E-state index in [0.717, 1.165) is 19.3 Å². The predicted octanol–water partition coefficient (Wildman–Crippen LogP) is 3.18. The van der Waals surface area contributed by atoms with Gasteiger partial charge in [-0.1, -0.05) is 6.07 Å². The van der Waals surface area contributed by atoms with E-state index in [4.69, 9.17) is 4.74 Å². The first-order valence-corrected chi connectivity index (χ1v) is 6.34. The van der Waals surface area contributed by atoms with Gasteiger partial charge in [0.05, 0.1) is 6.10 Å². The number of benzene rings is 1. The van der Waals surface area contributed by atoms with Crippen LogP contribution in [0.1, 0.15) is 37.8 Å². The molecular weight excluding hydrogens is 236 g/mol. The Morgan fingerprint density at radius 3 is 2.50 bits per heavy atom. The maximum atomic E-state index is 13.6. The van der Waals surface area contributed by atoms with E-state index in [1.165, 1.54) is 18.2 Å². The van der Waals surface area contributed by atoms with Crippen molar-refractivity contribution in [2.75, 3.05) is 7.11 Å². The van der Waals surface area contributed by atoms with Crippen LogP contribution in [0.3, 0.4) is 0 Å². The van der Waals surface area contributed by atoms with E-state index >= 15 is 0 Å². The van der Waals surface area contributed by atoms with E-state index in [1.807, 2.05) is 0 Å².